The number of ether oxygens (including phenoxy) is 1. The zero-order valence-corrected chi connectivity index (χ0v) is 13.5. The molecule has 0 spiro atoms. The maximum atomic E-state index is 5.22. The van der Waals surface area contributed by atoms with Gasteiger partial charge < -0.3 is 10.1 Å². The molecule has 1 N–H and O–H groups in total. The number of nitrogens with zero attached hydrogens (tertiary/aromatic N) is 1. The van der Waals surface area contributed by atoms with Crippen LogP contribution in [0.3, 0.4) is 0 Å². The molecule has 5 heteroatoms. The van der Waals surface area contributed by atoms with Crippen LogP contribution in [0.5, 0.6) is 5.75 Å². The topological polar surface area (TPSA) is 34.1 Å². The molecule has 0 saturated carbocycles. The molecular weight excluding hydrogens is 336 g/mol. The van der Waals surface area contributed by atoms with Gasteiger partial charge in [0.15, 0.2) is 5.13 Å². The minimum atomic E-state index is 0.862. The summed E-state index contributed by atoms with van der Waals surface area (Å²) in [6.45, 7) is 2.05. The zero-order valence-electron chi connectivity index (χ0n) is 11.1. The minimum Gasteiger partial charge on any atom is -0.497 e. The molecule has 1 aromatic heterocycles. The summed E-state index contributed by atoms with van der Waals surface area (Å²) < 4.78 is 7.45. The first-order chi connectivity index (χ1) is 9.65. The molecule has 0 aliphatic rings. The predicted molar refractivity (Wildman–Crippen MR) is 88.3 cm³/mol. The van der Waals surface area contributed by atoms with Crippen LogP contribution in [-0.4, -0.2) is 12.1 Å². The van der Waals surface area contributed by atoms with Gasteiger partial charge in [-0.05, 0) is 48.9 Å². The van der Waals surface area contributed by atoms with Crippen molar-refractivity contribution >= 4 is 48.3 Å². The van der Waals surface area contributed by atoms with Gasteiger partial charge in [0.2, 0.25) is 0 Å². The maximum absolute atomic E-state index is 5.22. The quantitative estimate of drug-likeness (QED) is 0.713. The Balaban J connectivity index is 1.92. The summed E-state index contributed by atoms with van der Waals surface area (Å²) in [7, 11) is 1.67. The van der Waals surface area contributed by atoms with Crippen molar-refractivity contribution in [2.75, 3.05) is 12.4 Å². The van der Waals surface area contributed by atoms with Crippen LogP contribution in [0.2, 0.25) is 0 Å². The lowest BCUT2D eigenvalue weighted by atomic mass is 10.2. The first-order valence-electron chi connectivity index (χ1n) is 6.13. The molecule has 20 heavy (non-hydrogen) atoms. The average Bonchev–Trinajstić information content (AvgIpc) is 2.82. The second-order valence-electron chi connectivity index (χ2n) is 4.44. The number of thiazole rings is 1. The Hall–Kier alpha value is -1.59. The molecule has 2 aromatic carbocycles. The Kier molecular flexibility index (Phi) is 3.63. The Bertz CT molecular complexity index is 770. The number of hydrogen-bond acceptors (Lipinski definition) is 4. The standard InChI is InChI=1S/C15H13BrN2OS/c1-9-7-11(19-2)4-6-12(9)17-15-18-13-5-3-10(16)8-14(13)20-15/h3-8H,1-2H3,(H,17,18). The highest BCUT2D eigenvalue weighted by atomic mass is 79.9. The number of benzene rings is 2. The van der Waals surface area contributed by atoms with Crippen molar-refractivity contribution in [1.82, 2.24) is 4.98 Å². The summed E-state index contributed by atoms with van der Waals surface area (Å²) in [6, 6.07) is 12.1. The molecule has 0 bridgehead atoms. The van der Waals surface area contributed by atoms with Crippen LogP contribution in [0.25, 0.3) is 10.2 Å². The molecule has 3 nitrogen and oxygen atoms in total. The molecule has 102 valence electrons. The van der Waals surface area contributed by atoms with Crippen LogP contribution in [0.4, 0.5) is 10.8 Å². The lowest BCUT2D eigenvalue weighted by Gasteiger charge is -2.08. The largest absolute Gasteiger partial charge is 0.497 e. The van der Waals surface area contributed by atoms with Gasteiger partial charge in [-0.3, -0.25) is 0 Å². The van der Waals surface area contributed by atoms with E-state index in [9.17, 15) is 0 Å². The van der Waals surface area contributed by atoms with E-state index in [0.29, 0.717) is 0 Å². The van der Waals surface area contributed by atoms with Crippen LogP contribution in [0.1, 0.15) is 5.56 Å². The van der Waals surface area contributed by atoms with E-state index in [-0.39, 0.29) is 0 Å². The van der Waals surface area contributed by atoms with Gasteiger partial charge in [0.1, 0.15) is 5.75 Å². The summed E-state index contributed by atoms with van der Waals surface area (Å²) in [4.78, 5) is 4.59. The maximum Gasteiger partial charge on any atom is 0.188 e. The van der Waals surface area contributed by atoms with Gasteiger partial charge in [-0.25, -0.2) is 4.98 Å². The van der Waals surface area contributed by atoms with Crippen molar-refractivity contribution in [2.45, 2.75) is 6.92 Å². The van der Waals surface area contributed by atoms with Crippen molar-refractivity contribution in [3.05, 3.63) is 46.4 Å². The third-order valence-corrected chi connectivity index (χ3v) is 4.45. The van der Waals surface area contributed by atoms with Crippen molar-refractivity contribution in [2.24, 2.45) is 0 Å². The van der Waals surface area contributed by atoms with E-state index in [1.807, 2.05) is 30.3 Å². The van der Waals surface area contributed by atoms with Crippen LogP contribution >= 0.6 is 27.3 Å². The summed E-state index contributed by atoms with van der Waals surface area (Å²) in [6.07, 6.45) is 0. The van der Waals surface area contributed by atoms with Crippen LogP contribution in [0, 0.1) is 6.92 Å². The average molecular weight is 349 g/mol. The van der Waals surface area contributed by atoms with Crippen LogP contribution in [-0.2, 0) is 0 Å². The molecular formula is C15H13BrN2OS. The van der Waals surface area contributed by atoms with Crippen molar-refractivity contribution < 1.29 is 4.74 Å². The van der Waals surface area contributed by atoms with Crippen molar-refractivity contribution in [3.63, 3.8) is 0 Å². The monoisotopic (exact) mass is 348 g/mol. The number of anilines is 2. The van der Waals surface area contributed by atoms with Crippen LogP contribution in [0.15, 0.2) is 40.9 Å². The molecule has 0 aliphatic heterocycles. The normalized spacial score (nSPS) is 10.8. The molecule has 3 aromatic rings. The zero-order chi connectivity index (χ0) is 14.1. The molecule has 0 atom stereocenters. The summed E-state index contributed by atoms with van der Waals surface area (Å²) in [5.74, 6) is 0.862. The SMILES string of the molecule is COc1ccc(Nc2nc3ccc(Br)cc3s2)c(C)c1. The van der Waals surface area contributed by atoms with E-state index in [2.05, 4.69) is 39.2 Å². The van der Waals surface area contributed by atoms with Gasteiger partial charge >= 0.3 is 0 Å². The number of hydrogen-bond donors (Lipinski definition) is 1. The number of fused-ring (bicyclic) bond motifs is 1. The van der Waals surface area contributed by atoms with E-state index in [1.165, 1.54) is 0 Å². The molecule has 0 saturated heterocycles. The number of halogens is 1. The minimum absolute atomic E-state index is 0.862. The Labute approximate surface area is 129 Å². The predicted octanol–water partition coefficient (Wildman–Crippen LogP) is 5.12. The van der Waals surface area contributed by atoms with Gasteiger partial charge in [0.25, 0.3) is 0 Å². The highest BCUT2D eigenvalue weighted by Gasteiger charge is 2.06. The van der Waals surface area contributed by atoms with E-state index in [4.69, 9.17) is 4.74 Å². The first-order valence-corrected chi connectivity index (χ1v) is 7.74. The number of aryl methyl sites for hydroxylation is 1. The van der Waals surface area contributed by atoms with E-state index < -0.39 is 0 Å². The third-order valence-electron chi connectivity index (χ3n) is 3.03. The number of rotatable bonds is 3. The van der Waals surface area contributed by atoms with Gasteiger partial charge in [-0.15, -0.1) is 0 Å². The smallest absolute Gasteiger partial charge is 0.188 e. The fraction of sp³-hybridized carbons (Fsp3) is 0.133. The Morgan fingerprint density at radius 2 is 2.05 bits per heavy atom. The summed E-state index contributed by atoms with van der Waals surface area (Å²) >= 11 is 5.12. The van der Waals surface area contributed by atoms with Gasteiger partial charge in [-0.1, -0.05) is 27.3 Å². The number of nitrogens with one attached hydrogen (secondary N) is 1. The van der Waals surface area contributed by atoms with Crippen LogP contribution < -0.4 is 10.1 Å². The third kappa shape index (κ3) is 2.64. The molecule has 0 unspecified atom stereocenters. The lowest BCUT2D eigenvalue weighted by Crippen LogP contribution is -1.93. The van der Waals surface area contributed by atoms with Gasteiger partial charge in [0, 0.05) is 10.2 Å². The highest BCUT2D eigenvalue weighted by molar-refractivity contribution is 9.10. The second-order valence-corrected chi connectivity index (χ2v) is 6.38. The highest BCUT2D eigenvalue weighted by Crippen LogP contribution is 2.31. The molecule has 0 radical (unpaired) electrons. The fourth-order valence-electron chi connectivity index (χ4n) is 1.97. The molecule has 0 aliphatic carbocycles. The van der Waals surface area contributed by atoms with Gasteiger partial charge in [-0.2, -0.15) is 0 Å². The van der Waals surface area contributed by atoms with E-state index in [0.717, 1.165) is 36.8 Å². The lowest BCUT2D eigenvalue weighted by molar-refractivity contribution is 0.414. The molecule has 0 fully saturated rings. The summed E-state index contributed by atoms with van der Waals surface area (Å²) in [5, 5.41) is 4.26. The molecule has 0 amide bonds. The second kappa shape index (κ2) is 5.42. The van der Waals surface area contributed by atoms with Crippen molar-refractivity contribution in [1.29, 1.82) is 0 Å². The fourth-order valence-corrected chi connectivity index (χ4v) is 3.40. The Morgan fingerprint density at radius 1 is 1.20 bits per heavy atom. The first kappa shape index (κ1) is 13.4. The van der Waals surface area contributed by atoms with E-state index in [1.54, 1.807) is 18.4 Å². The molecule has 3 rings (SSSR count). The van der Waals surface area contributed by atoms with E-state index >= 15 is 0 Å². The summed E-state index contributed by atoms with van der Waals surface area (Å²) in [5.41, 5.74) is 3.18. The Morgan fingerprint density at radius 3 is 2.80 bits per heavy atom. The van der Waals surface area contributed by atoms with Crippen molar-refractivity contribution in [3.8, 4) is 5.75 Å². The number of methoxy groups -OCH3 is 1. The van der Waals surface area contributed by atoms with Gasteiger partial charge in [0.05, 0.1) is 17.3 Å². The number of aromatic nitrogens is 1. The molecule has 1 heterocycles.